The van der Waals surface area contributed by atoms with Gasteiger partial charge in [-0.3, -0.25) is 9.59 Å². The standard InChI is InChI=1S/C49H75N3O17/c1-44(43(63)65-7)12-14-49(42(62)52-27(39(61)64-6)16-24-19-50-23-51-24)15-13-47(4)25(26(49)17-44)8-9-32-45(2)18-28(55)38(46(3,22-54)31(45)10-11-48(32,47)5)69-40-36(59)34(57)30(21-66-40)68-41-37(60)35(58)33(56)29(20-53)67-41/h8,19,23,26-38,40-41,53-60H,9-18,20-22H2,1-7H3,(H,50,51)(H,52,62)/t26-,27+,28-,29+,30+,31+,32+,33+,34-,35-,36+,37+,38-,40-,41-,44-,45-,46-,47+,48+,49-/m0/s1. The molecule has 3 heterocycles. The van der Waals surface area contributed by atoms with Gasteiger partial charge in [-0.05, 0) is 98.7 Å². The highest BCUT2D eigenvalue weighted by Gasteiger charge is 2.71. The smallest absolute Gasteiger partial charge is 0.328 e. The molecule has 2 saturated heterocycles. The number of aliphatic hydroxyl groups is 8. The first-order valence-corrected chi connectivity index (χ1v) is 24.6. The number of ether oxygens (including phenoxy) is 6. The van der Waals surface area contributed by atoms with Gasteiger partial charge in [0, 0.05) is 23.7 Å². The number of aromatic nitrogens is 2. The van der Waals surface area contributed by atoms with Gasteiger partial charge >= 0.3 is 11.9 Å². The monoisotopic (exact) mass is 978 g/mol. The van der Waals surface area contributed by atoms with Crippen LogP contribution in [0.15, 0.2) is 24.2 Å². The molecule has 20 heteroatoms. The highest BCUT2D eigenvalue weighted by atomic mass is 16.7. The number of allylic oxidation sites excluding steroid dienone is 2. The van der Waals surface area contributed by atoms with Gasteiger partial charge in [0.1, 0.15) is 48.8 Å². The predicted molar refractivity (Wildman–Crippen MR) is 240 cm³/mol. The van der Waals surface area contributed by atoms with Crippen LogP contribution in [0.1, 0.15) is 98.1 Å². The first-order chi connectivity index (χ1) is 32.5. The molecule has 69 heavy (non-hydrogen) atoms. The summed E-state index contributed by atoms with van der Waals surface area (Å²) in [7, 11) is 2.68. The van der Waals surface area contributed by atoms with Gasteiger partial charge in [0.2, 0.25) is 5.91 Å². The van der Waals surface area contributed by atoms with Crippen molar-refractivity contribution in [2.75, 3.05) is 34.0 Å². The number of carbonyl (C=O) groups is 3. The normalized spacial score (nSPS) is 47.8. The summed E-state index contributed by atoms with van der Waals surface area (Å²) in [5, 5.41) is 89.9. The van der Waals surface area contributed by atoms with Gasteiger partial charge in [-0.2, -0.15) is 0 Å². The molecule has 7 aliphatic rings. The van der Waals surface area contributed by atoms with Gasteiger partial charge in [0.25, 0.3) is 0 Å². The summed E-state index contributed by atoms with van der Waals surface area (Å²) in [6.45, 7) is 9.16. The van der Waals surface area contributed by atoms with Gasteiger partial charge in [-0.1, -0.05) is 39.3 Å². The van der Waals surface area contributed by atoms with Crippen LogP contribution < -0.4 is 5.32 Å². The summed E-state index contributed by atoms with van der Waals surface area (Å²) < 4.78 is 34.0. The van der Waals surface area contributed by atoms with Crippen molar-refractivity contribution >= 4 is 17.8 Å². The maximum Gasteiger partial charge on any atom is 0.328 e. The number of hydrogen-bond acceptors (Lipinski definition) is 18. The number of aliphatic hydroxyl groups excluding tert-OH is 8. The maximum atomic E-state index is 15.0. The number of fused-ring (bicyclic) bond motifs is 7. The first-order valence-electron chi connectivity index (χ1n) is 24.6. The molecule has 20 nitrogen and oxygen atoms in total. The van der Waals surface area contributed by atoms with Crippen LogP contribution in [0.2, 0.25) is 0 Å². The average molecular weight is 978 g/mol. The van der Waals surface area contributed by atoms with E-state index in [0.717, 1.165) is 12.0 Å². The number of rotatable bonds is 12. The molecule has 1 aromatic heterocycles. The molecule has 21 atom stereocenters. The molecular formula is C49H75N3O17. The SMILES string of the molecule is COC(=O)[C@@H](Cc1cnc[nH]1)NC(=O)[C@]12CC[C@](C)(C(=O)OC)C[C@H]1C1=CC[C@@H]3[C@@]4(C)C[C@H](O)[C@H](O[C@@H]5OC[C@@H](O[C@@H]6O[C@H](CO)[C@@H](O)[C@H](O)[C@H]6O)[C@H](O)[C@H]5O)[C@@](C)(CO)[C@@H]4CC[C@@]3(C)[C@]1(C)CC2. The number of carbonyl (C=O) groups excluding carboxylic acids is 3. The average Bonchev–Trinajstić information content (AvgIpc) is 3.85. The van der Waals surface area contributed by atoms with Crippen molar-refractivity contribution in [2.45, 2.75) is 172 Å². The third kappa shape index (κ3) is 8.29. The van der Waals surface area contributed by atoms with Crippen LogP contribution in [0.4, 0.5) is 0 Å². The molecule has 0 aromatic carbocycles. The van der Waals surface area contributed by atoms with Gasteiger partial charge in [-0.25, -0.2) is 9.78 Å². The van der Waals surface area contributed by atoms with Crippen LogP contribution in [0.25, 0.3) is 0 Å². The Labute approximate surface area is 402 Å². The van der Waals surface area contributed by atoms with Crippen molar-refractivity contribution in [3.05, 3.63) is 29.9 Å². The second-order valence-electron chi connectivity index (χ2n) is 22.6. The lowest BCUT2D eigenvalue weighted by atomic mass is 9.33. The van der Waals surface area contributed by atoms with E-state index in [2.05, 4.69) is 42.1 Å². The minimum atomic E-state index is -1.75. The lowest BCUT2D eigenvalue weighted by molar-refractivity contribution is -0.357. The Morgan fingerprint density at radius 1 is 0.855 bits per heavy atom. The highest BCUT2D eigenvalue weighted by molar-refractivity contribution is 5.89. The van der Waals surface area contributed by atoms with E-state index in [4.69, 9.17) is 28.4 Å². The second kappa shape index (κ2) is 19.1. The van der Waals surface area contributed by atoms with E-state index < -0.39 is 113 Å². The molecule has 6 fully saturated rings. The fraction of sp³-hybridized carbons (Fsp3) is 0.837. The first kappa shape index (κ1) is 52.2. The molecule has 0 unspecified atom stereocenters. The van der Waals surface area contributed by atoms with E-state index >= 15 is 4.79 Å². The number of esters is 2. The maximum absolute atomic E-state index is 15.0. The lowest BCUT2D eigenvalue weighted by Crippen LogP contribution is -2.69. The van der Waals surface area contributed by atoms with E-state index in [0.29, 0.717) is 50.6 Å². The van der Waals surface area contributed by atoms with Crippen LogP contribution in [0.3, 0.4) is 0 Å². The summed E-state index contributed by atoms with van der Waals surface area (Å²) in [6, 6.07) is -0.974. The number of amides is 1. The van der Waals surface area contributed by atoms with Crippen molar-refractivity contribution in [3.8, 4) is 0 Å². The summed E-state index contributed by atoms with van der Waals surface area (Å²) >= 11 is 0. The number of nitrogens with zero attached hydrogens (tertiary/aromatic N) is 1. The van der Waals surface area contributed by atoms with Crippen molar-refractivity contribution in [1.29, 1.82) is 0 Å². The molecule has 8 rings (SSSR count). The number of methoxy groups -OCH3 is 2. The Bertz CT molecular complexity index is 2080. The van der Waals surface area contributed by atoms with Gasteiger partial charge in [0.15, 0.2) is 12.6 Å². The minimum absolute atomic E-state index is 0.00679. The molecule has 388 valence electrons. The van der Waals surface area contributed by atoms with Crippen molar-refractivity contribution < 1.29 is 83.7 Å². The molecule has 10 N–H and O–H groups in total. The van der Waals surface area contributed by atoms with E-state index in [1.807, 2.05) is 13.8 Å². The quantitative estimate of drug-likeness (QED) is 0.0758. The lowest BCUT2D eigenvalue weighted by Gasteiger charge is -2.72. The summed E-state index contributed by atoms with van der Waals surface area (Å²) in [6.07, 6.45) is -6.08. The second-order valence-corrected chi connectivity index (χ2v) is 22.6. The fourth-order valence-corrected chi connectivity index (χ4v) is 15.1. The van der Waals surface area contributed by atoms with Crippen molar-refractivity contribution in [2.24, 2.45) is 50.2 Å². The largest absolute Gasteiger partial charge is 0.469 e. The van der Waals surface area contributed by atoms with Crippen molar-refractivity contribution in [3.63, 3.8) is 0 Å². The molecule has 0 bridgehead atoms. The third-order valence-electron chi connectivity index (χ3n) is 19.2. The topological polar surface area (TPSA) is 309 Å². The fourth-order valence-electron chi connectivity index (χ4n) is 15.1. The van der Waals surface area contributed by atoms with Crippen LogP contribution >= 0.6 is 0 Å². The summed E-state index contributed by atoms with van der Waals surface area (Å²) in [5.74, 6) is -1.72. The number of H-pyrrole nitrogens is 1. The van der Waals surface area contributed by atoms with Gasteiger partial charge in [0.05, 0.1) is 63.4 Å². The van der Waals surface area contributed by atoms with Gasteiger partial charge in [-0.15, -0.1) is 0 Å². The van der Waals surface area contributed by atoms with Gasteiger partial charge < -0.3 is 79.6 Å². The van der Waals surface area contributed by atoms with Crippen LogP contribution in [0, 0.1) is 50.2 Å². The number of imidazole rings is 1. The summed E-state index contributed by atoms with van der Waals surface area (Å²) in [5.41, 5.74) is -2.45. The zero-order valence-corrected chi connectivity index (χ0v) is 40.8. The third-order valence-corrected chi connectivity index (χ3v) is 19.2. The Morgan fingerprint density at radius 3 is 2.22 bits per heavy atom. The summed E-state index contributed by atoms with van der Waals surface area (Å²) in [4.78, 5) is 48.8. The van der Waals surface area contributed by atoms with E-state index in [9.17, 15) is 50.4 Å². The molecule has 4 saturated carbocycles. The molecule has 1 aromatic rings. The Balaban J connectivity index is 1.04. The molecule has 1 amide bonds. The molecule has 2 aliphatic heterocycles. The number of nitrogens with one attached hydrogen (secondary N) is 2. The van der Waals surface area contributed by atoms with Crippen molar-refractivity contribution in [1.82, 2.24) is 15.3 Å². The zero-order chi connectivity index (χ0) is 50.2. The predicted octanol–water partition coefficient (Wildman–Crippen LogP) is 0.156. The number of aromatic amines is 1. The molecule has 0 spiro atoms. The highest BCUT2D eigenvalue weighted by Crippen LogP contribution is 2.76. The Kier molecular flexibility index (Phi) is 14.4. The Hall–Kier alpha value is -3.12. The molecule has 0 radical (unpaired) electrons. The zero-order valence-electron chi connectivity index (χ0n) is 40.8. The molecular weight excluding hydrogens is 903 g/mol. The van der Waals surface area contributed by atoms with E-state index in [1.165, 1.54) is 20.5 Å². The van der Waals surface area contributed by atoms with E-state index in [-0.39, 0.29) is 61.1 Å². The van der Waals surface area contributed by atoms with Crippen LogP contribution in [0.5, 0.6) is 0 Å². The van der Waals surface area contributed by atoms with E-state index in [1.54, 1.807) is 6.20 Å². The van der Waals surface area contributed by atoms with Crippen LogP contribution in [-0.2, 0) is 49.2 Å². The van der Waals surface area contributed by atoms with Crippen LogP contribution in [-0.4, -0.2) is 176 Å². The Morgan fingerprint density at radius 2 is 1.57 bits per heavy atom. The number of hydrogen-bond donors (Lipinski definition) is 10. The minimum Gasteiger partial charge on any atom is -0.469 e. The molecule has 5 aliphatic carbocycles.